The molecule has 0 radical (unpaired) electrons. The van der Waals surface area contributed by atoms with Gasteiger partial charge in [-0.25, -0.2) is 4.79 Å². The lowest BCUT2D eigenvalue weighted by molar-refractivity contribution is -0.144. The summed E-state index contributed by atoms with van der Waals surface area (Å²) in [6.07, 6.45) is 7.91. The third-order valence-corrected chi connectivity index (χ3v) is 5.84. The lowest BCUT2D eigenvalue weighted by Crippen LogP contribution is -2.41. The van der Waals surface area contributed by atoms with E-state index in [4.69, 9.17) is 4.74 Å². The molecule has 0 N–H and O–H groups in total. The van der Waals surface area contributed by atoms with Crippen LogP contribution in [0, 0.1) is 23.2 Å². The van der Waals surface area contributed by atoms with Crippen LogP contribution >= 0.6 is 0 Å². The second kappa shape index (κ2) is 4.11. The molecule has 0 aromatic rings. The maximum Gasteiger partial charge on any atom is 0.333 e. The lowest BCUT2D eigenvalue weighted by atomic mass is 9.56. The fourth-order valence-corrected chi connectivity index (χ4v) is 4.90. The van der Waals surface area contributed by atoms with Crippen molar-refractivity contribution in [3.05, 3.63) is 12.2 Å². The molecule has 100 valence electrons. The quantitative estimate of drug-likeness (QED) is 0.562. The van der Waals surface area contributed by atoms with Crippen molar-refractivity contribution in [3.63, 3.8) is 0 Å². The SMILES string of the molecule is C=C(C)C(=O)OC1CC2CC3CC(CC)CC32C1. The van der Waals surface area contributed by atoms with Crippen LogP contribution in [0.2, 0.25) is 0 Å². The Bertz CT molecular complexity index is 387. The second-order valence-corrected chi connectivity index (χ2v) is 6.82. The maximum atomic E-state index is 11.6. The number of carbonyl (C=O) groups is 1. The van der Waals surface area contributed by atoms with Crippen LogP contribution in [0.25, 0.3) is 0 Å². The summed E-state index contributed by atoms with van der Waals surface area (Å²) in [5.41, 5.74) is 1.09. The van der Waals surface area contributed by atoms with Crippen LogP contribution in [-0.4, -0.2) is 12.1 Å². The monoisotopic (exact) mass is 248 g/mol. The van der Waals surface area contributed by atoms with Gasteiger partial charge in [-0.1, -0.05) is 19.9 Å². The molecule has 0 aromatic carbocycles. The number of hydrogen-bond donors (Lipinski definition) is 0. The molecular weight excluding hydrogens is 224 g/mol. The zero-order chi connectivity index (χ0) is 12.9. The van der Waals surface area contributed by atoms with Gasteiger partial charge in [-0.15, -0.1) is 0 Å². The lowest BCUT2D eigenvalue weighted by Gasteiger charge is -2.48. The first-order chi connectivity index (χ1) is 8.55. The van der Waals surface area contributed by atoms with Gasteiger partial charge in [0, 0.05) is 5.57 Å². The van der Waals surface area contributed by atoms with Crippen LogP contribution in [0.4, 0.5) is 0 Å². The van der Waals surface area contributed by atoms with Crippen molar-refractivity contribution in [2.24, 2.45) is 23.2 Å². The number of ether oxygens (including phenoxy) is 1. The minimum Gasteiger partial charge on any atom is -0.459 e. The molecule has 0 saturated heterocycles. The highest BCUT2D eigenvalue weighted by Crippen LogP contribution is 2.70. The molecule has 2 nitrogen and oxygen atoms in total. The van der Waals surface area contributed by atoms with E-state index in [1.807, 2.05) is 0 Å². The Balaban J connectivity index is 1.65. The summed E-state index contributed by atoms with van der Waals surface area (Å²) in [6.45, 7) is 7.71. The molecular formula is C16H24O2. The van der Waals surface area contributed by atoms with E-state index in [0.717, 1.165) is 30.6 Å². The highest BCUT2D eigenvalue weighted by Gasteiger charge is 2.63. The molecule has 3 saturated carbocycles. The molecule has 0 aliphatic heterocycles. The first-order valence-electron chi connectivity index (χ1n) is 7.41. The molecule has 18 heavy (non-hydrogen) atoms. The summed E-state index contributed by atoms with van der Waals surface area (Å²) < 4.78 is 5.59. The van der Waals surface area contributed by atoms with Gasteiger partial charge >= 0.3 is 5.97 Å². The van der Waals surface area contributed by atoms with Gasteiger partial charge in [0.1, 0.15) is 6.10 Å². The third kappa shape index (κ3) is 1.64. The van der Waals surface area contributed by atoms with E-state index in [0.29, 0.717) is 11.0 Å². The Morgan fingerprint density at radius 1 is 1.28 bits per heavy atom. The van der Waals surface area contributed by atoms with E-state index in [9.17, 15) is 4.79 Å². The largest absolute Gasteiger partial charge is 0.459 e. The molecule has 1 spiro atoms. The highest BCUT2D eigenvalue weighted by molar-refractivity contribution is 5.87. The van der Waals surface area contributed by atoms with Crippen molar-refractivity contribution >= 4 is 5.97 Å². The Morgan fingerprint density at radius 2 is 2.00 bits per heavy atom. The topological polar surface area (TPSA) is 26.3 Å². The average Bonchev–Trinajstić information content (AvgIpc) is 2.75. The van der Waals surface area contributed by atoms with E-state index >= 15 is 0 Å². The van der Waals surface area contributed by atoms with Crippen molar-refractivity contribution < 1.29 is 9.53 Å². The van der Waals surface area contributed by atoms with Crippen molar-refractivity contribution in [1.29, 1.82) is 0 Å². The minimum atomic E-state index is -0.195. The molecule has 3 aliphatic carbocycles. The molecule has 5 unspecified atom stereocenters. The maximum absolute atomic E-state index is 11.6. The smallest absolute Gasteiger partial charge is 0.333 e. The first-order valence-corrected chi connectivity index (χ1v) is 7.41. The second-order valence-electron chi connectivity index (χ2n) is 6.82. The molecule has 0 heterocycles. The summed E-state index contributed by atoms with van der Waals surface area (Å²) in [5.74, 6) is 2.50. The van der Waals surface area contributed by atoms with Gasteiger partial charge in [-0.2, -0.15) is 0 Å². The van der Waals surface area contributed by atoms with E-state index in [2.05, 4.69) is 13.5 Å². The Kier molecular flexibility index (Phi) is 2.80. The van der Waals surface area contributed by atoms with Gasteiger partial charge < -0.3 is 4.74 Å². The van der Waals surface area contributed by atoms with Crippen molar-refractivity contribution in [3.8, 4) is 0 Å². The molecule has 0 aromatic heterocycles. The average molecular weight is 248 g/mol. The van der Waals surface area contributed by atoms with Gasteiger partial charge in [0.05, 0.1) is 0 Å². The van der Waals surface area contributed by atoms with Crippen LogP contribution < -0.4 is 0 Å². The van der Waals surface area contributed by atoms with Crippen molar-refractivity contribution in [2.75, 3.05) is 0 Å². The van der Waals surface area contributed by atoms with Gasteiger partial charge in [0.15, 0.2) is 0 Å². The Labute approximate surface area is 110 Å². The summed E-state index contributed by atoms with van der Waals surface area (Å²) in [7, 11) is 0. The molecule has 3 aliphatic rings. The zero-order valence-electron chi connectivity index (χ0n) is 11.6. The fourth-order valence-electron chi connectivity index (χ4n) is 4.90. The molecule has 0 bridgehead atoms. The van der Waals surface area contributed by atoms with Crippen LogP contribution in [0.5, 0.6) is 0 Å². The van der Waals surface area contributed by atoms with Crippen LogP contribution in [-0.2, 0) is 9.53 Å². The zero-order valence-corrected chi connectivity index (χ0v) is 11.6. The predicted octanol–water partition coefficient (Wildman–Crippen LogP) is 3.71. The fraction of sp³-hybridized carbons (Fsp3) is 0.812. The van der Waals surface area contributed by atoms with E-state index in [1.165, 1.54) is 25.7 Å². The summed E-state index contributed by atoms with van der Waals surface area (Å²) in [4.78, 5) is 11.6. The molecule has 3 fully saturated rings. The summed E-state index contributed by atoms with van der Waals surface area (Å²) in [5, 5.41) is 0. The standard InChI is InChI=1S/C16H24O2/c1-4-11-5-12-6-13-7-14(9-16(12,13)8-11)18-15(17)10(2)3/h11-14H,2,4-9H2,1,3H3. The Morgan fingerprint density at radius 3 is 2.67 bits per heavy atom. The summed E-state index contributed by atoms with van der Waals surface area (Å²) >= 11 is 0. The van der Waals surface area contributed by atoms with E-state index < -0.39 is 0 Å². The van der Waals surface area contributed by atoms with Crippen molar-refractivity contribution in [1.82, 2.24) is 0 Å². The normalized spacial score (nSPS) is 45.0. The van der Waals surface area contributed by atoms with Crippen LogP contribution in [0.1, 0.15) is 52.4 Å². The van der Waals surface area contributed by atoms with Gasteiger partial charge in [0.25, 0.3) is 0 Å². The van der Waals surface area contributed by atoms with E-state index in [1.54, 1.807) is 6.92 Å². The number of carbonyl (C=O) groups excluding carboxylic acids is 1. The molecule has 3 rings (SSSR count). The summed E-state index contributed by atoms with van der Waals surface area (Å²) in [6, 6.07) is 0. The van der Waals surface area contributed by atoms with Crippen molar-refractivity contribution in [2.45, 2.75) is 58.5 Å². The number of hydrogen-bond acceptors (Lipinski definition) is 2. The van der Waals surface area contributed by atoms with Gasteiger partial charge in [0.2, 0.25) is 0 Å². The number of rotatable bonds is 3. The van der Waals surface area contributed by atoms with Gasteiger partial charge in [-0.3, -0.25) is 0 Å². The Hall–Kier alpha value is -0.790. The van der Waals surface area contributed by atoms with Crippen LogP contribution in [0.3, 0.4) is 0 Å². The molecule has 2 heteroatoms. The molecule has 5 atom stereocenters. The van der Waals surface area contributed by atoms with Gasteiger partial charge in [-0.05, 0) is 62.2 Å². The van der Waals surface area contributed by atoms with E-state index in [-0.39, 0.29) is 12.1 Å². The first kappa shape index (κ1) is 12.3. The number of esters is 1. The highest BCUT2D eigenvalue weighted by atomic mass is 16.5. The predicted molar refractivity (Wildman–Crippen MR) is 71.0 cm³/mol. The molecule has 0 amide bonds. The third-order valence-electron chi connectivity index (χ3n) is 5.84. The minimum absolute atomic E-state index is 0.166. The van der Waals surface area contributed by atoms with Crippen LogP contribution in [0.15, 0.2) is 12.2 Å².